The molecule has 0 atom stereocenters. The SMILES string of the molecule is CCCCC1=C(F)C(F)(F)C1(F)F. The van der Waals surface area contributed by atoms with Gasteiger partial charge in [-0.1, -0.05) is 13.3 Å². The van der Waals surface area contributed by atoms with Gasteiger partial charge in [0.1, 0.15) is 0 Å². The molecule has 1 rings (SSSR count). The molecule has 0 nitrogen and oxygen atoms in total. The molecule has 0 N–H and O–H groups in total. The Morgan fingerprint density at radius 2 is 1.62 bits per heavy atom. The summed E-state index contributed by atoms with van der Waals surface area (Å²) in [6, 6.07) is 0. The molecular weight excluding hydrogens is 191 g/mol. The molecule has 1 aliphatic rings. The smallest absolute Gasteiger partial charge is 0.205 e. The summed E-state index contributed by atoms with van der Waals surface area (Å²) in [4.78, 5) is 0. The number of allylic oxidation sites excluding steroid dienone is 2. The van der Waals surface area contributed by atoms with Gasteiger partial charge in [-0.25, -0.2) is 4.39 Å². The maximum absolute atomic E-state index is 12.5. The zero-order valence-electron chi connectivity index (χ0n) is 7.01. The highest BCUT2D eigenvalue weighted by atomic mass is 19.3. The first kappa shape index (κ1) is 10.5. The molecule has 13 heavy (non-hydrogen) atoms. The number of halogens is 5. The fourth-order valence-corrected chi connectivity index (χ4v) is 1.21. The summed E-state index contributed by atoms with van der Waals surface area (Å²) in [5, 5.41) is 0. The van der Waals surface area contributed by atoms with Crippen molar-refractivity contribution >= 4 is 0 Å². The van der Waals surface area contributed by atoms with Crippen LogP contribution in [0.4, 0.5) is 22.0 Å². The number of hydrogen-bond acceptors (Lipinski definition) is 0. The fraction of sp³-hybridized carbons (Fsp3) is 0.750. The Labute approximate surface area is 72.4 Å². The van der Waals surface area contributed by atoms with Crippen LogP contribution in [0.2, 0.25) is 0 Å². The molecule has 0 bridgehead atoms. The van der Waals surface area contributed by atoms with Crippen LogP contribution in [-0.2, 0) is 0 Å². The Bertz CT molecular complexity index is 241. The van der Waals surface area contributed by atoms with Crippen LogP contribution in [0.1, 0.15) is 26.2 Å². The topological polar surface area (TPSA) is 0 Å². The van der Waals surface area contributed by atoms with E-state index in [1.54, 1.807) is 6.92 Å². The van der Waals surface area contributed by atoms with E-state index in [-0.39, 0.29) is 6.42 Å². The lowest BCUT2D eigenvalue weighted by Crippen LogP contribution is -2.52. The number of unbranched alkanes of at least 4 members (excludes halogenated alkanes) is 1. The third kappa shape index (κ3) is 1.25. The van der Waals surface area contributed by atoms with Gasteiger partial charge >= 0.3 is 11.8 Å². The minimum absolute atomic E-state index is 0.287. The molecule has 0 heterocycles. The summed E-state index contributed by atoms with van der Waals surface area (Å²) in [5.41, 5.74) is -1.03. The third-order valence-corrected chi connectivity index (χ3v) is 2.09. The highest BCUT2D eigenvalue weighted by Gasteiger charge is 2.71. The molecule has 0 radical (unpaired) electrons. The predicted octanol–water partition coefficient (Wildman–Crippen LogP) is 3.68. The van der Waals surface area contributed by atoms with Gasteiger partial charge in [-0.2, -0.15) is 17.6 Å². The van der Waals surface area contributed by atoms with Gasteiger partial charge in [-0.15, -0.1) is 0 Å². The van der Waals surface area contributed by atoms with Gasteiger partial charge in [-0.05, 0) is 12.8 Å². The Morgan fingerprint density at radius 3 is 2.00 bits per heavy atom. The monoisotopic (exact) mass is 200 g/mol. The first-order valence-corrected chi connectivity index (χ1v) is 4.01. The molecule has 0 aromatic rings. The molecular formula is C8H9F5. The van der Waals surface area contributed by atoms with Crippen molar-refractivity contribution in [1.29, 1.82) is 0 Å². The van der Waals surface area contributed by atoms with Crippen molar-refractivity contribution < 1.29 is 22.0 Å². The Kier molecular flexibility index (Phi) is 2.38. The summed E-state index contributed by atoms with van der Waals surface area (Å²) >= 11 is 0. The number of alkyl halides is 4. The summed E-state index contributed by atoms with van der Waals surface area (Å²) in [6.45, 7) is 1.72. The summed E-state index contributed by atoms with van der Waals surface area (Å²) in [6.07, 6.45) is 0.581. The van der Waals surface area contributed by atoms with Crippen molar-refractivity contribution in [2.45, 2.75) is 38.0 Å². The molecule has 5 heteroatoms. The zero-order valence-corrected chi connectivity index (χ0v) is 7.01. The lowest BCUT2D eigenvalue weighted by atomic mass is 9.84. The quantitative estimate of drug-likeness (QED) is 0.609. The van der Waals surface area contributed by atoms with E-state index in [0.717, 1.165) is 0 Å². The predicted molar refractivity (Wildman–Crippen MR) is 37.6 cm³/mol. The fourth-order valence-electron chi connectivity index (χ4n) is 1.21. The largest absolute Gasteiger partial charge is 0.365 e. The zero-order chi connectivity index (χ0) is 10.3. The van der Waals surface area contributed by atoms with Gasteiger partial charge in [0.15, 0.2) is 5.83 Å². The molecule has 76 valence electrons. The summed E-state index contributed by atoms with van der Waals surface area (Å²) in [5.74, 6) is -10.8. The molecule has 0 aromatic heterocycles. The van der Waals surface area contributed by atoms with Gasteiger partial charge in [-0.3, -0.25) is 0 Å². The van der Waals surface area contributed by atoms with Crippen LogP contribution in [0.3, 0.4) is 0 Å². The number of hydrogen-bond donors (Lipinski definition) is 0. The van der Waals surface area contributed by atoms with E-state index in [9.17, 15) is 22.0 Å². The van der Waals surface area contributed by atoms with Gasteiger partial charge in [0.05, 0.1) is 0 Å². The minimum Gasteiger partial charge on any atom is -0.205 e. The molecule has 1 aliphatic carbocycles. The van der Waals surface area contributed by atoms with Crippen LogP contribution in [0.15, 0.2) is 11.4 Å². The summed E-state index contributed by atoms with van der Waals surface area (Å²) < 4.78 is 61.8. The van der Waals surface area contributed by atoms with Crippen molar-refractivity contribution in [2.75, 3.05) is 0 Å². The van der Waals surface area contributed by atoms with E-state index < -0.39 is 23.2 Å². The second-order valence-corrected chi connectivity index (χ2v) is 3.04. The highest BCUT2D eigenvalue weighted by Crippen LogP contribution is 2.57. The minimum atomic E-state index is -4.57. The van der Waals surface area contributed by atoms with E-state index in [0.29, 0.717) is 12.8 Å². The lowest BCUT2D eigenvalue weighted by molar-refractivity contribution is -0.205. The molecule has 0 spiro atoms. The van der Waals surface area contributed by atoms with E-state index in [2.05, 4.69) is 0 Å². The van der Waals surface area contributed by atoms with Crippen molar-refractivity contribution in [2.24, 2.45) is 0 Å². The average Bonchev–Trinajstić information content (AvgIpc) is 2.04. The van der Waals surface area contributed by atoms with E-state index >= 15 is 0 Å². The second kappa shape index (κ2) is 2.96. The molecule has 0 amide bonds. The van der Waals surface area contributed by atoms with Gasteiger partial charge in [0.2, 0.25) is 0 Å². The lowest BCUT2D eigenvalue weighted by Gasteiger charge is -2.36. The van der Waals surface area contributed by atoms with Crippen LogP contribution < -0.4 is 0 Å². The number of rotatable bonds is 3. The average molecular weight is 200 g/mol. The van der Waals surface area contributed by atoms with Crippen LogP contribution in [-0.4, -0.2) is 11.8 Å². The van der Waals surface area contributed by atoms with Crippen molar-refractivity contribution in [1.82, 2.24) is 0 Å². The van der Waals surface area contributed by atoms with Gasteiger partial charge in [0.25, 0.3) is 0 Å². The van der Waals surface area contributed by atoms with Gasteiger partial charge in [0, 0.05) is 5.57 Å². The normalized spacial score (nSPS) is 24.5. The summed E-state index contributed by atoms with van der Waals surface area (Å²) in [7, 11) is 0. The first-order chi connectivity index (χ1) is 5.85. The van der Waals surface area contributed by atoms with Crippen molar-refractivity contribution in [3.05, 3.63) is 11.4 Å². The molecule has 0 fully saturated rings. The second-order valence-electron chi connectivity index (χ2n) is 3.04. The van der Waals surface area contributed by atoms with Crippen LogP contribution >= 0.6 is 0 Å². The van der Waals surface area contributed by atoms with Crippen molar-refractivity contribution in [3.63, 3.8) is 0 Å². The molecule has 0 saturated heterocycles. The van der Waals surface area contributed by atoms with Crippen LogP contribution in [0.25, 0.3) is 0 Å². The van der Waals surface area contributed by atoms with Crippen molar-refractivity contribution in [3.8, 4) is 0 Å². The Morgan fingerprint density at radius 1 is 1.08 bits per heavy atom. The molecule has 0 aromatic carbocycles. The first-order valence-electron chi connectivity index (χ1n) is 4.01. The Hall–Kier alpha value is -0.610. The van der Waals surface area contributed by atoms with E-state index in [4.69, 9.17) is 0 Å². The molecule has 0 aliphatic heterocycles. The van der Waals surface area contributed by atoms with E-state index in [1.807, 2.05) is 0 Å². The molecule has 0 saturated carbocycles. The highest BCUT2D eigenvalue weighted by molar-refractivity contribution is 5.39. The maximum Gasteiger partial charge on any atom is 0.365 e. The standard InChI is InChI=1S/C8H9F5/c1-2-3-4-5-6(9)8(12,13)7(5,10)11/h2-4H2,1H3. The third-order valence-electron chi connectivity index (χ3n) is 2.09. The maximum atomic E-state index is 12.5. The van der Waals surface area contributed by atoms with Crippen LogP contribution in [0.5, 0.6) is 0 Å². The Balaban J connectivity index is 2.81. The van der Waals surface area contributed by atoms with Crippen LogP contribution in [0, 0.1) is 0 Å². The van der Waals surface area contributed by atoms with Gasteiger partial charge < -0.3 is 0 Å². The molecule has 0 unspecified atom stereocenters. The van der Waals surface area contributed by atoms with E-state index in [1.165, 1.54) is 0 Å².